The van der Waals surface area contributed by atoms with Crippen LogP contribution in [0.5, 0.6) is 0 Å². The number of carbonyl (C=O) groups excluding carboxylic acids is 1. The fraction of sp³-hybridized carbons (Fsp3) is 0.273. The van der Waals surface area contributed by atoms with Gasteiger partial charge in [0.15, 0.2) is 5.13 Å². The van der Waals surface area contributed by atoms with Gasteiger partial charge in [0, 0.05) is 6.54 Å². The lowest BCUT2D eigenvalue weighted by atomic mass is 10.3. The Morgan fingerprint density at radius 2 is 2.28 bits per heavy atom. The molecular weight excluding hydrogens is 274 g/mol. The van der Waals surface area contributed by atoms with Crippen LogP contribution in [0.4, 0.5) is 9.93 Å². The average molecular weight is 288 g/mol. The molecule has 4 N–H and O–H groups in total. The van der Waals surface area contributed by atoms with Gasteiger partial charge in [-0.1, -0.05) is 35.9 Å². The van der Waals surface area contributed by atoms with Gasteiger partial charge in [0.25, 0.3) is 0 Å². The van der Waals surface area contributed by atoms with Gasteiger partial charge in [-0.05, 0) is 18.6 Å². The van der Waals surface area contributed by atoms with Crippen molar-refractivity contribution in [2.75, 3.05) is 11.9 Å². The van der Waals surface area contributed by atoms with Gasteiger partial charge in [-0.25, -0.2) is 9.78 Å². The molecule has 0 spiro atoms. The molecule has 0 atom stereocenters. The highest BCUT2D eigenvalue weighted by Crippen LogP contribution is 2.30. The Balaban J connectivity index is 0.00000162. The third kappa shape index (κ3) is 3.32. The average Bonchev–Trinajstić information content (AvgIpc) is 2.70. The van der Waals surface area contributed by atoms with E-state index in [-0.39, 0.29) is 11.5 Å². The summed E-state index contributed by atoms with van der Waals surface area (Å²) in [6.07, 6.45) is 0.902. The Bertz CT molecular complexity index is 544. The van der Waals surface area contributed by atoms with Crippen LogP contribution in [0.15, 0.2) is 18.2 Å². The van der Waals surface area contributed by atoms with Crippen molar-refractivity contribution in [3.63, 3.8) is 0 Å². The van der Waals surface area contributed by atoms with Gasteiger partial charge in [0.05, 0.1) is 9.72 Å². The molecule has 1 heterocycles. The van der Waals surface area contributed by atoms with Crippen LogP contribution < -0.4 is 10.6 Å². The van der Waals surface area contributed by atoms with Crippen LogP contribution in [0.25, 0.3) is 10.2 Å². The van der Waals surface area contributed by atoms with E-state index in [2.05, 4.69) is 15.6 Å². The predicted molar refractivity (Wildman–Crippen MR) is 75.6 cm³/mol. The first-order chi connectivity index (χ1) is 8.20. The summed E-state index contributed by atoms with van der Waals surface area (Å²) >= 11 is 7.41. The summed E-state index contributed by atoms with van der Waals surface area (Å²) in [6, 6.07) is 5.34. The monoisotopic (exact) mass is 287 g/mol. The molecule has 1 aromatic carbocycles. The summed E-state index contributed by atoms with van der Waals surface area (Å²) in [5.74, 6) is 0. The van der Waals surface area contributed by atoms with Crippen molar-refractivity contribution < 1.29 is 10.3 Å². The number of nitrogens with zero attached hydrogens (tertiary/aromatic N) is 1. The van der Waals surface area contributed by atoms with E-state index >= 15 is 0 Å². The molecule has 1 aromatic heterocycles. The van der Waals surface area contributed by atoms with Crippen molar-refractivity contribution in [1.29, 1.82) is 0 Å². The second-order valence-electron chi connectivity index (χ2n) is 3.49. The first-order valence-electron chi connectivity index (χ1n) is 5.30. The second kappa shape index (κ2) is 6.53. The predicted octanol–water partition coefficient (Wildman–Crippen LogP) is 2.66. The van der Waals surface area contributed by atoms with Gasteiger partial charge in [-0.3, -0.25) is 5.32 Å². The zero-order valence-corrected chi connectivity index (χ0v) is 11.4. The summed E-state index contributed by atoms with van der Waals surface area (Å²) in [4.78, 5) is 15.7. The molecule has 7 heteroatoms. The Kier molecular flexibility index (Phi) is 5.33. The minimum absolute atomic E-state index is 0. The van der Waals surface area contributed by atoms with E-state index in [1.165, 1.54) is 11.3 Å². The van der Waals surface area contributed by atoms with Crippen LogP contribution in [-0.2, 0) is 0 Å². The molecule has 2 aromatic rings. The summed E-state index contributed by atoms with van der Waals surface area (Å²) in [5.41, 5.74) is 0.727. The zero-order valence-electron chi connectivity index (χ0n) is 9.79. The van der Waals surface area contributed by atoms with Crippen LogP contribution in [0, 0.1) is 0 Å². The number of carbonyl (C=O) groups is 1. The highest BCUT2D eigenvalue weighted by atomic mass is 35.5. The number of nitrogens with one attached hydrogen (secondary N) is 2. The van der Waals surface area contributed by atoms with Crippen molar-refractivity contribution in [2.24, 2.45) is 0 Å². The standard InChI is InChI=1S/C11H12ClN3OS.H2O/c1-2-6-13-10(16)15-11-14-9-7(12)4-3-5-8(9)17-11;/h3-5H,2,6H2,1H3,(H2,13,14,15,16);1H2. The number of hydrogen-bond donors (Lipinski definition) is 2. The summed E-state index contributed by atoms with van der Waals surface area (Å²) < 4.78 is 0.961. The number of halogens is 1. The second-order valence-corrected chi connectivity index (χ2v) is 4.92. The van der Waals surface area contributed by atoms with Crippen molar-refractivity contribution in [3.8, 4) is 0 Å². The zero-order chi connectivity index (χ0) is 12.3. The SMILES string of the molecule is CCCNC(=O)Nc1nc2c(Cl)cccc2s1.O. The molecule has 0 saturated carbocycles. The lowest BCUT2D eigenvalue weighted by Gasteiger charge is -2.02. The Morgan fingerprint density at radius 3 is 2.94 bits per heavy atom. The highest BCUT2D eigenvalue weighted by Gasteiger charge is 2.08. The number of para-hydroxylation sites is 1. The third-order valence-electron chi connectivity index (χ3n) is 2.13. The quantitative estimate of drug-likeness (QED) is 0.909. The van der Waals surface area contributed by atoms with Gasteiger partial charge in [0.2, 0.25) is 0 Å². The molecule has 2 amide bonds. The van der Waals surface area contributed by atoms with Crippen molar-refractivity contribution in [3.05, 3.63) is 23.2 Å². The van der Waals surface area contributed by atoms with Crippen LogP contribution in [0.2, 0.25) is 5.02 Å². The molecule has 5 nitrogen and oxygen atoms in total. The molecule has 0 aliphatic heterocycles. The molecule has 0 unspecified atom stereocenters. The molecule has 0 aliphatic rings. The fourth-order valence-corrected chi connectivity index (χ4v) is 2.51. The number of hydrogen-bond acceptors (Lipinski definition) is 3. The number of anilines is 1. The molecule has 0 aliphatic carbocycles. The maximum atomic E-state index is 11.4. The lowest BCUT2D eigenvalue weighted by Crippen LogP contribution is -2.29. The number of amides is 2. The van der Waals surface area contributed by atoms with Crippen LogP contribution in [-0.4, -0.2) is 23.0 Å². The van der Waals surface area contributed by atoms with E-state index in [4.69, 9.17) is 11.6 Å². The first-order valence-corrected chi connectivity index (χ1v) is 6.50. The van der Waals surface area contributed by atoms with E-state index in [0.717, 1.165) is 16.6 Å². The van der Waals surface area contributed by atoms with Crippen LogP contribution >= 0.6 is 22.9 Å². The lowest BCUT2D eigenvalue weighted by molar-refractivity contribution is 0.252. The van der Waals surface area contributed by atoms with E-state index < -0.39 is 0 Å². The van der Waals surface area contributed by atoms with Crippen LogP contribution in [0.3, 0.4) is 0 Å². The van der Waals surface area contributed by atoms with Gasteiger partial charge in [-0.15, -0.1) is 0 Å². The van der Waals surface area contributed by atoms with E-state index in [9.17, 15) is 4.79 Å². The topological polar surface area (TPSA) is 85.5 Å². The Hall–Kier alpha value is -1.37. The Labute approximate surface area is 113 Å². The van der Waals surface area contributed by atoms with E-state index in [0.29, 0.717) is 16.7 Å². The fourth-order valence-electron chi connectivity index (χ4n) is 1.35. The normalized spacial score (nSPS) is 9.89. The largest absolute Gasteiger partial charge is 0.412 e. The minimum atomic E-state index is -0.234. The minimum Gasteiger partial charge on any atom is -0.412 e. The highest BCUT2D eigenvalue weighted by molar-refractivity contribution is 7.22. The summed E-state index contributed by atoms with van der Waals surface area (Å²) in [5, 5.41) is 6.57. The summed E-state index contributed by atoms with van der Waals surface area (Å²) in [6.45, 7) is 2.65. The van der Waals surface area contributed by atoms with Crippen molar-refractivity contribution in [1.82, 2.24) is 10.3 Å². The molecule has 0 bridgehead atoms. The van der Waals surface area contributed by atoms with Gasteiger partial charge in [0.1, 0.15) is 5.52 Å². The number of thiazole rings is 1. The Morgan fingerprint density at radius 1 is 1.50 bits per heavy atom. The van der Waals surface area contributed by atoms with Crippen molar-refractivity contribution in [2.45, 2.75) is 13.3 Å². The number of benzene rings is 1. The van der Waals surface area contributed by atoms with Gasteiger partial charge in [-0.2, -0.15) is 0 Å². The maximum Gasteiger partial charge on any atom is 0.321 e. The number of fused-ring (bicyclic) bond motifs is 1. The number of rotatable bonds is 3. The number of urea groups is 1. The molecule has 2 rings (SSSR count). The van der Waals surface area contributed by atoms with E-state index in [1.54, 1.807) is 6.07 Å². The van der Waals surface area contributed by atoms with E-state index in [1.807, 2.05) is 19.1 Å². The maximum absolute atomic E-state index is 11.4. The molecule has 0 saturated heterocycles. The first kappa shape index (κ1) is 14.7. The molecule has 0 fully saturated rings. The smallest absolute Gasteiger partial charge is 0.321 e. The molecule has 98 valence electrons. The third-order valence-corrected chi connectivity index (χ3v) is 3.37. The summed E-state index contributed by atoms with van der Waals surface area (Å²) in [7, 11) is 0. The molecule has 18 heavy (non-hydrogen) atoms. The molecule has 0 radical (unpaired) electrons. The van der Waals surface area contributed by atoms with Crippen LogP contribution in [0.1, 0.15) is 13.3 Å². The number of aromatic nitrogens is 1. The van der Waals surface area contributed by atoms with Crippen molar-refractivity contribution >= 4 is 44.3 Å². The van der Waals surface area contributed by atoms with Gasteiger partial charge < -0.3 is 10.8 Å². The van der Waals surface area contributed by atoms with Gasteiger partial charge >= 0.3 is 6.03 Å². The molecular formula is C11H14ClN3O2S.